The van der Waals surface area contributed by atoms with Crippen LogP contribution >= 0.6 is 24.0 Å². The molecule has 7 heteroatoms. The van der Waals surface area contributed by atoms with Crippen molar-refractivity contribution >= 4 is 29.9 Å². The summed E-state index contributed by atoms with van der Waals surface area (Å²) in [5, 5.41) is 3.60. The van der Waals surface area contributed by atoms with Crippen molar-refractivity contribution in [3.8, 4) is 0 Å². The van der Waals surface area contributed by atoms with Crippen LogP contribution < -0.4 is 5.32 Å². The molecule has 1 N–H and O–H groups in total. The number of nitrogens with one attached hydrogen (secondary N) is 1. The number of benzene rings is 1. The maximum atomic E-state index is 6.13. The number of hydrogen-bond acceptors (Lipinski definition) is 4. The van der Waals surface area contributed by atoms with E-state index >= 15 is 0 Å². The highest BCUT2D eigenvalue weighted by molar-refractivity contribution is 14.0. The summed E-state index contributed by atoms with van der Waals surface area (Å²) in [6.45, 7) is 6.74. The van der Waals surface area contributed by atoms with Crippen LogP contribution in [-0.2, 0) is 11.3 Å². The third-order valence-electron chi connectivity index (χ3n) is 6.85. The highest BCUT2D eigenvalue weighted by Crippen LogP contribution is 2.25. The standard InChI is InChI=1S/C23H37N5O.HI/c1-24-23(25-12-13-26(2)20-10-6-7-11-20)28-17-21-22(18-28)29-15-14-27(21)16-19-8-4-3-5-9-19;/h3-5,8-9,20-22H,6-7,10-18H2,1-2H3,(H,24,25);1H. The molecule has 0 bridgehead atoms. The van der Waals surface area contributed by atoms with Crippen LogP contribution in [0.15, 0.2) is 35.3 Å². The number of guanidine groups is 1. The van der Waals surface area contributed by atoms with E-state index in [2.05, 4.69) is 62.4 Å². The van der Waals surface area contributed by atoms with E-state index < -0.39 is 0 Å². The van der Waals surface area contributed by atoms with Gasteiger partial charge < -0.3 is 19.9 Å². The van der Waals surface area contributed by atoms with Gasteiger partial charge in [-0.15, -0.1) is 24.0 Å². The van der Waals surface area contributed by atoms with Gasteiger partial charge in [-0.3, -0.25) is 9.89 Å². The lowest BCUT2D eigenvalue weighted by atomic mass is 10.1. The van der Waals surface area contributed by atoms with Gasteiger partial charge in [0.25, 0.3) is 0 Å². The molecule has 6 nitrogen and oxygen atoms in total. The van der Waals surface area contributed by atoms with Gasteiger partial charge in [-0.25, -0.2) is 0 Å². The molecule has 1 aromatic carbocycles. The minimum absolute atomic E-state index is 0. The van der Waals surface area contributed by atoms with E-state index in [1.165, 1.54) is 31.2 Å². The first-order valence-electron chi connectivity index (χ1n) is 11.3. The maximum Gasteiger partial charge on any atom is 0.193 e. The molecule has 3 fully saturated rings. The zero-order chi connectivity index (χ0) is 20.1. The Balaban J connectivity index is 0.00000256. The van der Waals surface area contributed by atoms with Gasteiger partial charge in [0.05, 0.1) is 18.8 Å². The summed E-state index contributed by atoms with van der Waals surface area (Å²) in [7, 11) is 4.16. The lowest BCUT2D eigenvalue weighted by Gasteiger charge is -2.36. The zero-order valence-electron chi connectivity index (χ0n) is 18.5. The van der Waals surface area contributed by atoms with E-state index in [4.69, 9.17) is 4.74 Å². The summed E-state index contributed by atoms with van der Waals surface area (Å²) in [4.78, 5) is 12.1. The van der Waals surface area contributed by atoms with Crippen molar-refractivity contribution < 1.29 is 4.74 Å². The molecule has 0 aromatic heterocycles. The fourth-order valence-electron chi connectivity index (χ4n) is 5.15. The molecule has 30 heavy (non-hydrogen) atoms. The molecule has 168 valence electrons. The minimum atomic E-state index is 0. The number of nitrogens with zero attached hydrogens (tertiary/aromatic N) is 4. The highest BCUT2D eigenvalue weighted by atomic mass is 127. The summed E-state index contributed by atoms with van der Waals surface area (Å²) in [6.07, 6.45) is 5.76. The van der Waals surface area contributed by atoms with Gasteiger partial charge in [0.1, 0.15) is 0 Å². The largest absolute Gasteiger partial charge is 0.373 e. The molecular formula is C23H38IN5O. The van der Waals surface area contributed by atoms with Crippen LogP contribution in [0.1, 0.15) is 31.2 Å². The van der Waals surface area contributed by atoms with Gasteiger partial charge in [0, 0.05) is 52.4 Å². The van der Waals surface area contributed by atoms with Crippen LogP contribution in [0.2, 0.25) is 0 Å². The predicted octanol–water partition coefficient (Wildman–Crippen LogP) is 2.64. The van der Waals surface area contributed by atoms with Crippen molar-refractivity contribution in [1.29, 1.82) is 0 Å². The molecule has 2 heterocycles. The monoisotopic (exact) mass is 527 g/mol. The number of aliphatic imine (C=N–C) groups is 1. The van der Waals surface area contributed by atoms with Crippen molar-refractivity contribution in [1.82, 2.24) is 20.0 Å². The Morgan fingerprint density at radius 3 is 2.70 bits per heavy atom. The Morgan fingerprint density at radius 1 is 1.20 bits per heavy atom. The smallest absolute Gasteiger partial charge is 0.193 e. The fourth-order valence-corrected chi connectivity index (χ4v) is 5.15. The number of likely N-dealkylation sites (N-methyl/N-ethyl adjacent to an activating group) is 1. The van der Waals surface area contributed by atoms with Crippen molar-refractivity contribution in [2.24, 2.45) is 4.99 Å². The third kappa shape index (κ3) is 5.87. The second kappa shape index (κ2) is 11.6. The Morgan fingerprint density at radius 2 is 1.97 bits per heavy atom. The van der Waals surface area contributed by atoms with E-state index in [-0.39, 0.29) is 30.1 Å². The number of ether oxygens (including phenoxy) is 1. The number of fused-ring (bicyclic) bond motifs is 1. The Hall–Kier alpha value is -0.900. The number of hydrogen-bond donors (Lipinski definition) is 1. The van der Waals surface area contributed by atoms with E-state index in [1.807, 2.05) is 7.05 Å². The highest BCUT2D eigenvalue weighted by Gasteiger charge is 2.41. The predicted molar refractivity (Wildman–Crippen MR) is 134 cm³/mol. The first-order chi connectivity index (χ1) is 14.2. The van der Waals surface area contributed by atoms with Gasteiger partial charge in [-0.1, -0.05) is 43.2 Å². The SMILES string of the molecule is CN=C(NCCN(C)C1CCCC1)N1CC2OCCN(Cc3ccccc3)C2C1.I. The van der Waals surface area contributed by atoms with Crippen molar-refractivity contribution in [2.45, 2.75) is 50.4 Å². The van der Waals surface area contributed by atoms with Crippen molar-refractivity contribution in [3.63, 3.8) is 0 Å². The average Bonchev–Trinajstić information content (AvgIpc) is 3.42. The summed E-state index contributed by atoms with van der Waals surface area (Å²) < 4.78 is 6.13. The molecule has 2 saturated heterocycles. The van der Waals surface area contributed by atoms with Crippen LogP contribution in [-0.4, -0.2) is 92.3 Å². The topological polar surface area (TPSA) is 43.3 Å². The summed E-state index contributed by atoms with van der Waals surface area (Å²) in [6, 6.07) is 12.0. The molecule has 4 rings (SSSR count). The molecular weight excluding hydrogens is 489 g/mol. The summed E-state index contributed by atoms with van der Waals surface area (Å²) in [5.41, 5.74) is 1.38. The third-order valence-corrected chi connectivity index (χ3v) is 6.85. The zero-order valence-corrected chi connectivity index (χ0v) is 20.8. The van der Waals surface area contributed by atoms with E-state index in [9.17, 15) is 0 Å². The van der Waals surface area contributed by atoms with Crippen LogP contribution in [0, 0.1) is 0 Å². The van der Waals surface area contributed by atoms with Crippen LogP contribution in [0.25, 0.3) is 0 Å². The van der Waals surface area contributed by atoms with E-state index in [0.717, 1.165) is 57.9 Å². The van der Waals surface area contributed by atoms with Gasteiger partial charge in [-0.2, -0.15) is 0 Å². The normalized spacial score (nSPS) is 25.4. The van der Waals surface area contributed by atoms with Crippen molar-refractivity contribution in [2.75, 3.05) is 53.4 Å². The second-order valence-corrected chi connectivity index (χ2v) is 8.73. The number of morpholine rings is 1. The fraction of sp³-hybridized carbons (Fsp3) is 0.696. The Kier molecular flexibility index (Phi) is 9.22. The molecule has 3 aliphatic rings. The summed E-state index contributed by atoms with van der Waals surface area (Å²) in [5.74, 6) is 1.02. The Bertz CT molecular complexity index is 667. The quantitative estimate of drug-likeness (QED) is 0.350. The van der Waals surface area contributed by atoms with Gasteiger partial charge in [-0.05, 0) is 25.5 Å². The molecule has 0 amide bonds. The minimum Gasteiger partial charge on any atom is -0.373 e. The van der Waals surface area contributed by atoms with E-state index in [1.54, 1.807) is 0 Å². The first kappa shape index (κ1) is 23.8. The van der Waals surface area contributed by atoms with E-state index in [0.29, 0.717) is 6.04 Å². The molecule has 0 spiro atoms. The molecule has 1 saturated carbocycles. The number of likely N-dealkylation sites (tertiary alicyclic amines) is 1. The van der Waals surface area contributed by atoms with Crippen LogP contribution in [0.3, 0.4) is 0 Å². The Labute approximate surface area is 199 Å². The lowest BCUT2D eigenvalue weighted by molar-refractivity contribution is -0.0502. The maximum absolute atomic E-state index is 6.13. The van der Waals surface area contributed by atoms with Gasteiger partial charge in [0.2, 0.25) is 0 Å². The lowest BCUT2D eigenvalue weighted by Crippen LogP contribution is -2.50. The number of rotatable bonds is 6. The molecule has 2 atom stereocenters. The molecule has 2 aliphatic heterocycles. The van der Waals surface area contributed by atoms with Crippen LogP contribution in [0.5, 0.6) is 0 Å². The molecule has 2 unspecified atom stereocenters. The summed E-state index contributed by atoms with van der Waals surface area (Å²) >= 11 is 0. The number of halogens is 1. The average molecular weight is 527 g/mol. The van der Waals surface area contributed by atoms with Crippen molar-refractivity contribution in [3.05, 3.63) is 35.9 Å². The van der Waals surface area contributed by atoms with Gasteiger partial charge in [0.15, 0.2) is 5.96 Å². The second-order valence-electron chi connectivity index (χ2n) is 8.73. The van der Waals surface area contributed by atoms with Crippen LogP contribution in [0.4, 0.5) is 0 Å². The molecule has 0 radical (unpaired) electrons. The molecule has 1 aromatic rings. The first-order valence-corrected chi connectivity index (χ1v) is 11.3. The molecule has 1 aliphatic carbocycles. The van der Waals surface area contributed by atoms with Gasteiger partial charge >= 0.3 is 0 Å².